The first-order chi connectivity index (χ1) is 7.74. The van der Waals surface area contributed by atoms with Gasteiger partial charge in [-0.1, -0.05) is 12.8 Å². The zero-order valence-electron chi connectivity index (χ0n) is 9.82. The summed E-state index contributed by atoms with van der Waals surface area (Å²) in [5, 5.41) is 21.2. The van der Waals surface area contributed by atoms with Crippen LogP contribution >= 0.6 is 0 Å². The van der Waals surface area contributed by atoms with E-state index >= 15 is 0 Å². The van der Waals surface area contributed by atoms with Crippen LogP contribution in [-0.4, -0.2) is 35.4 Å². The van der Waals surface area contributed by atoms with Crippen molar-refractivity contribution in [1.82, 2.24) is 5.32 Å². The maximum absolute atomic E-state index is 10.3. The van der Waals surface area contributed by atoms with Gasteiger partial charge in [0.05, 0.1) is 0 Å². The predicted octanol–water partition coefficient (Wildman–Crippen LogP) is 1.38. The average molecular weight is 229 g/mol. The molecule has 3 N–H and O–H groups in total. The van der Waals surface area contributed by atoms with Gasteiger partial charge in [0, 0.05) is 19.1 Å². The second kappa shape index (κ2) is 7.63. The topological polar surface area (TPSA) is 69.6 Å². The number of carboxylic acid groups (broad SMARTS) is 1. The molecule has 0 aromatic carbocycles. The van der Waals surface area contributed by atoms with Crippen LogP contribution in [0.4, 0.5) is 0 Å². The molecule has 2 atom stereocenters. The van der Waals surface area contributed by atoms with Crippen LogP contribution in [0.3, 0.4) is 0 Å². The van der Waals surface area contributed by atoms with Gasteiger partial charge in [-0.3, -0.25) is 4.79 Å². The molecule has 0 bridgehead atoms. The summed E-state index contributed by atoms with van der Waals surface area (Å²) in [7, 11) is 0. The molecule has 1 fully saturated rings. The molecule has 4 heteroatoms. The van der Waals surface area contributed by atoms with Crippen LogP contribution in [0.5, 0.6) is 0 Å². The molecule has 1 rings (SSSR count). The summed E-state index contributed by atoms with van der Waals surface area (Å²) in [6.07, 6.45) is 6.62. The summed E-state index contributed by atoms with van der Waals surface area (Å²) >= 11 is 0. The van der Waals surface area contributed by atoms with E-state index in [1.54, 1.807) is 0 Å². The summed E-state index contributed by atoms with van der Waals surface area (Å²) in [4.78, 5) is 10.3. The number of hydrogen-bond donors (Lipinski definition) is 3. The summed E-state index contributed by atoms with van der Waals surface area (Å²) in [5.74, 6) is -0.320. The third-order valence-electron chi connectivity index (χ3n) is 3.37. The van der Waals surface area contributed by atoms with Crippen molar-refractivity contribution in [3.8, 4) is 0 Å². The van der Waals surface area contributed by atoms with Crippen molar-refractivity contribution in [2.24, 2.45) is 5.92 Å². The first kappa shape index (κ1) is 13.5. The summed E-state index contributed by atoms with van der Waals surface area (Å²) in [5.41, 5.74) is 0. The molecule has 4 nitrogen and oxygen atoms in total. The van der Waals surface area contributed by atoms with Crippen LogP contribution in [0.15, 0.2) is 0 Å². The van der Waals surface area contributed by atoms with Gasteiger partial charge in [0.25, 0.3) is 0 Å². The molecule has 0 radical (unpaired) electrons. The van der Waals surface area contributed by atoms with Crippen molar-refractivity contribution >= 4 is 5.97 Å². The Bertz CT molecular complexity index is 208. The van der Waals surface area contributed by atoms with Gasteiger partial charge in [-0.2, -0.15) is 0 Å². The lowest BCUT2D eigenvalue weighted by Crippen LogP contribution is -2.40. The van der Waals surface area contributed by atoms with Gasteiger partial charge >= 0.3 is 5.97 Å². The number of aliphatic hydroxyl groups is 1. The monoisotopic (exact) mass is 229 g/mol. The fourth-order valence-electron chi connectivity index (χ4n) is 2.38. The molecule has 1 aliphatic carbocycles. The second-order valence-electron chi connectivity index (χ2n) is 4.64. The summed E-state index contributed by atoms with van der Waals surface area (Å²) < 4.78 is 0. The molecule has 1 saturated carbocycles. The normalized spacial score (nSPS) is 25.6. The highest BCUT2D eigenvalue weighted by molar-refractivity contribution is 5.66. The molecule has 2 unspecified atom stereocenters. The van der Waals surface area contributed by atoms with E-state index in [2.05, 4.69) is 5.32 Å². The number of unbranched alkanes of at least 4 members (excludes halogenated alkanes) is 1. The van der Waals surface area contributed by atoms with E-state index in [0.717, 1.165) is 32.2 Å². The third-order valence-corrected chi connectivity index (χ3v) is 3.37. The fraction of sp³-hybridized carbons (Fsp3) is 0.917. The van der Waals surface area contributed by atoms with Crippen LogP contribution in [0.25, 0.3) is 0 Å². The van der Waals surface area contributed by atoms with E-state index in [1.165, 1.54) is 12.8 Å². The minimum Gasteiger partial charge on any atom is -0.481 e. The van der Waals surface area contributed by atoms with Crippen molar-refractivity contribution in [1.29, 1.82) is 0 Å². The lowest BCUT2D eigenvalue weighted by Gasteiger charge is -2.31. The van der Waals surface area contributed by atoms with Crippen LogP contribution in [0, 0.1) is 5.92 Å². The molecule has 0 amide bonds. The van der Waals surface area contributed by atoms with Crippen molar-refractivity contribution in [3.05, 3.63) is 0 Å². The number of aliphatic hydroxyl groups excluding tert-OH is 1. The van der Waals surface area contributed by atoms with Crippen molar-refractivity contribution in [2.45, 2.75) is 51.0 Å². The number of aliphatic carboxylic acids is 1. The van der Waals surface area contributed by atoms with Gasteiger partial charge < -0.3 is 15.5 Å². The molecule has 0 saturated heterocycles. The Labute approximate surface area is 97.0 Å². The van der Waals surface area contributed by atoms with Gasteiger partial charge in [-0.15, -0.1) is 0 Å². The Kier molecular flexibility index (Phi) is 6.42. The van der Waals surface area contributed by atoms with Gasteiger partial charge in [0.1, 0.15) is 0 Å². The number of carboxylic acids is 1. The van der Waals surface area contributed by atoms with Crippen molar-refractivity contribution < 1.29 is 15.0 Å². The zero-order valence-corrected chi connectivity index (χ0v) is 9.82. The molecule has 16 heavy (non-hydrogen) atoms. The fourth-order valence-corrected chi connectivity index (χ4v) is 2.38. The maximum Gasteiger partial charge on any atom is 0.303 e. The second-order valence-corrected chi connectivity index (χ2v) is 4.64. The third kappa shape index (κ3) is 4.94. The van der Waals surface area contributed by atoms with Crippen LogP contribution < -0.4 is 5.32 Å². The van der Waals surface area contributed by atoms with Gasteiger partial charge in [-0.25, -0.2) is 0 Å². The van der Waals surface area contributed by atoms with Crippen molar-refractivity contribution in [3.63, 3.8) is 0 Å². The number of carbonyl (C=O) groups is 1. The first-order valence-electron chi connectivity index (χ1n) is 6.30. The van der Waals surface area contributed by atoms with Crippen LogP contribution in [-0.2, 0) is 4.79 Å². The molecule has 0 aromatic heterocycles. The van der Waals surface area contributed by atoms with Crippen molar-refractivity contribution in [2.75, 3.05) is 13.2 Å². The highest BCUT2D eigenvalue weighted by Gasteiger charge is 2.23. The van der Waals surface area contributed by atoms with Gasteiger partial charge in [0.15, 0.2) is 0 Å². The van der Waals surface area contributed by atoms with E-state index in [9.17, 15) is 9.90 Å². The highest BCUT2D eigenvalue weighted by Crippen LogP contribution is 2.23. The Morgan fingerprint density at radius 2 is 2.00 bits per heavy atom. The van der Waals surface area contributed by atoms with Crippen LogP contribution in [0.2, 0.25) is 0 Å². The van der Waals surface area contributed by atoms with E-state index in [4.69, 9.17) is 5.11 Å². The van der Waals surface area contributed by atoms with E-state index in [1.807, 2.05) is 0 Å². The number of nitrogens with one attached hydrogen (secondary N) is 1. The Morgan fingerprint density at radius 1 is 1.25 bits per heavy atom. The lowest BCUT2D eigenvalue weighted by atomic mass is 9.85. The smallest absolute Gasteiger partial charge is 0.303 e. The molecule has 0 aliphatic heterocycles. The van der Waals surface area contributed by atoms with E-state index in [0.29, 0.717) is 12.0 Å². The predicted molar refractivity (Wildman–Crippen MR) is 62.3 cm³/mol. The maximum atomic E-state index is 10.3. The van der Waals surface area contributed by atoms with E-state index in [-0.39, 0.29) is 13.0 Å². The quantitative estimate of drug-likeness (QED) is 0.577. The molecular weight excluding hydrogens is 206 g/mol. The minimum absolute atomic E-state index is 0.260. The molecule has 0 spiro atoms. The molecule has 1 aliphatic rings. The molecule has 0 heterocycles. The molecule has 0 aromatic rings. The minimum atomic E-state index is -0.717. The highest BCUT2D eigenvalue weighted by atomic mass is 16.4. The number of hydrogen-bond acceptors (Lipinski definition) is 3. The van der Waals surface area contributed by atoms with Gasteiger partial charge in [0.2, 0.25) is 0 Å². The number of rotatable bonds is 7. The zero-order chi connectivity index (χ0) is 11.8. The van der Waals surface area contributed by atoms with Crippen LogP contribution in [0.1, 0.15) is 44.9 Å². The largest absolute Gasteiger partial charge is 0.481 e. The Hall–Kier alpha value is -0.610. The summed E-state index contributed by atoms with van der Waals surface area (Å²) in [6, 6.07) is 0.434. The molecule has 94 valence electrons. The summed E-state index contributed by atoms with van der Waals surface area (Å²) in [6.45, 7) is 1.14. The lowest BCUT2D eigenvalue weighted by molar-refractivity contribution is -0.137. The Balaban J connectivity index is 2.08. The Morgan fingerprint density at radius 3 is 2.69 bits per heavy atom. The first-order valence-corrected chi connectivity index (χ1v) is 6.30. The van der Waals surface area contributed by atoms with E-state index < -0.39 is 5.97 Å². The van der Waals surface area contributed by atoms with Gasteiger partial charge in [-0.05, 0) is 38.1 Å². The SMILES string of the molecule is O=C(O)CCCCNC1CCCCC1CO. The molecular formula is C12H23NO3. The standard InChI is InChI=1S/C12H23NO3/c14-9-10-5-1-2-6-11(10)13-8-4-3-7-12(15)16/h10-11,13-14H,1-9H2,(H,15,16). The average Bonchev–Trinajstić information content (AvgIpc) is 2.29.